The van der Waals surface area contributed by atoms with Crippen LogP contribution in [0.4, 0.5) is 0 Å². The molecule has 6 rings (SSSR count). The van der Waals surface area contributed by atoms with Crippen molar-refractivity contribution in [2.24, 2.45) is 0 Å². The molecule has 1 N–H and O–H groups in total. The maximum absolute atomic E-state index is 12.7. The molecule has 1 nitrogen and oxygen atoms in total. The van der Waals surface area contributed by atoms with E-state index in [2.05, 4.69) is 107 Å². The number of benzene rings is 5. The Morgan fingerprint density at radius 1 is 0.625 bits per heavy atom. The van der Waals surface area contributed by atoms with Gasteiger partial charge in [0.25, 0.3) is 0 Å². The van der Waals surface area contributed by atoms with Crippen LogP contribution in [0.3, 0.4) is 0 Å². The van der Waals surface area contributed by atoms with E-state index in [1.165, 1.54) is 11.1 Å². The van der Waals surface area contributed by atoms with Crippen LogP contribution in [0.15, 0.2) is 114 Å². The summed E-state index contributed by atoms with van der Waals surface area (Å²) in [4.78, 5) is 0. The Morgan fingerprint density at radius 3 is 2.19 bits per heavy atom. The molecule has 2 heteroatoms. The van der Waals surface area contributed by atoms with E-state index in [9.17, 15) is 5.11 Å². The lowest BCUT2D eigenvalue weighted by Gasteiger charge is -2.38. The Morgan fingerprint density at radius 2 is 1.34 bits per heavy atom. The zero-order valence-corrected chi connectivity index (χ0v) is 19.0. The fourth-order valence-electron chi connectivity index (χ4n) is 5.20. The van der Waals surface area contributed by atoms with Gasteiger partial charge in [0.15, 0.2) is 0 Å². The van der Waals surface area contributed by atoms with Crippen molar-refractivity contribution in [3.8, 4) is 11.1 Å². The highest BCUT2D eigenvalue weighted by Gasteiger charge is 2.42. The van der Waals surface area contributed by atoms with Crippen LogP contribution in [0.2, 0.25) is 0 Å². The number of hydrogen-bond acceptors (Lipinski definition) is 1. The molecule has 32 heavy (non-hydrogen) atoms. The topological polar surface area (TPSA) is 20.2 Å². The van der Waals surface area contributed by atoms with Crippen LogP contribution >= 0.6 is 15.9 Å². The van der Waals surface area contributed by atoms with Crippen molar-refractivity contribution < 1.29 is 5.11 Å². The van der Waals surface area contributed by atoms with Crippen LogP contribution in [0.5, 0.6) is 0 Å². The van der Waals surface area contributed by atoms with Gasteiger partial charge in [0.1, 0.15) is 5.60 Å². The van der Waals surface area contributed by atoms with Crippen molar-refractivity contribution in [3.63, 3.8) is 0 Å². The van der Waals surface area contributed by atoms with E-state index in [0.717, 1.165) is 49.5 Å². The van der Waals surface area contributed by atoms with E-state index < -0.39 is 5.60 Å². The number of fused-ring (bicyclic) bond motifs is 2. The monoisotopic (exact) mass is 476 g/mol. The minimum Gasteiger partial charge on any atom is -0.376 e. The van der Waals surface area contributed by atoms with Gasteiger partial charge in [-0.3, -0.25) is 0 Å². The average Bonchev–Trinajstić information content (AvgIpc) is 2.83. The summed E-state index contributed by atoms with van der Waals surface area (Å²) in [5.41, 5.74) is 6.17. The molecule has 0 radical (unpaired) electrons. The molecule has 0 fully saturated rings. The first-order valence-corrected chi connectivity index (χ1v) is 11.6. The highest BCUT2D eigenvalue weighted by Crippen LogP contribution is 2.51. The first-order chi connectivity index (χ1) is 15.7. The largest absolute Gasteiger partial charge is 0.376 e. The van der Waals surface area contributed by atoms with E-state index in [1.807, 2.05) is 18.2 Å². The maximum Gasteiger partial charge on any atom is 0.142 e. The van der Waals surface area contributed by atoms with Gasteiger partial charge in [-0.25, -0.2) is 0 Å². The molecule has 1 unspecified atom stereocenters. The van der Waals surface area contributed by atoms with Crippen LogP contribution in [-0.2, 0) is 12.0 Å². The van der Waals surface area contributed by atoms with Crippen molar-refractivity contribution in [3.05, 3.63) is 141 Å². The molecular formula is C30H21BrO. The van der Waals surface area contributed by atoms with Gasteiger partial charge >= 0.3 is 0 Å². The molecule has 0 heterocycles. The SMILES string of the molecule is OC1(c2ccccc2Cc2ccccc2)c2ccc(Br)cc2-c2cccc3cccc1c23. The molecule has 1 atom stereocenters. The first kappa shape index (κ1) is 19.5. The quantitative estimate of drug-likeness (QED) is 0.286. The molecule has 1 aliphatic rings. The third kappa shape index (κ3) is 2.87. The summed E-state index contributed by atoms with van der Waals surface area (Å²) in [6.07, 6.45) is 0.767. The lowest BCUT2D eigenvalue weighted by atomic mass is 9.69. The van der Waals surface area contributed by atoms with Crippen LogP contribution < -0.4 is 0 Å². The molecule has 0 saturated heterocycles. The van der Waals surface area contributed by atoms with Gasteiger partial charge in [0.05, 0.1) is 0 Å². The summed E-state index contributed by atoms with van der Waals surface area (Å²) in [5, 5.41) is 15.0. The fraction of sp³-hybridized carbons (Fsp3) is 0.0667. The Kier molecular flexibility index (Phi) is 4.53. The molecule has 0 aromatic heterocycles. The van der Waals surface area contributed by atoms with Crippen molar-refractivity contribution in [1.82, 2.24) is 0 Å². The van der Waals surface area contributed by atoms with Gasteiger partial charge in [-0.2, -0.15) is 0 Å². The van der Waals surface area contributed by atoms with Crippen LogP contribution in [0, 0.1) is 0 Å². The average molecular weight is 477 g/mol. The van der Waals surface area contributed by atoms with Crippen LogP contribution in [0.25, 0.3) is 21.9 Å². The van der Waals surface area contributed by atoms with Crippen molar-refractivity contribution in [2.75, 3.05) is 0 Å². The third-order valence-electron chi connectivity index (χ3n) is 6.60. The molecule has 5 aromatic rings. The smallest absolute Gasteiger partial charge is 0.142 e. The summed E-state index contributed by atoms with van der Waals surface area (Å²) in [7, 11) is 0. The Bertz CT molecular complexity index is 1470. The van der Waals surface area contributed by atoms with Crippen LogP contribution in [-0.4, -0.2) is 5.11 Å². The fourth-order valence-corrected chi connectivity index (χ4v) is 5.56. The van der Waals surface area contributed by atoms with Gasteiger partial charge in [-0.1, -0.05) is 113 Å². The summed E-state index contributed by atoms with van der Waals surface area (Å²) in [6.45, 7) is 0. The molecule has 5 aromatic carbocycles. The summed E-state index contributed by atoms with van der Waals surface area (Å²) < 4.78 is 1.01. The minimum atomic E-state index is -1.24. The summed E-state index contributed by atoms with van der Waals surface area (Å²) in [5.74, 6) is 0. The Hall–Kier alpha value is -3.20. The van der Waals surface area contributed by atoms with Gasteiger partial charge in [0, 0.05) is 15.6 Å². The standard InChI is InChI=1S/C30H21BrO/c31-23-16-17-27-25(19-23)24-13-6-11-21-12-7-15-28(29(21)24)30(27,32)26-14-5-4-10-22(26)18-20-8-2-1-3-9-20/h1-17,19,32H,18H2. The summed E-state index contributed by atoms with van der Waals surface area (Å²) >= 11 is 3.65. The van der Waals surface area contributed by atoms with Crippen molar-refractivity contribution in [1.29, 1.82) is 0 Å². The predicted molar refractivity (Wildman–Crippen MR) is 135 cm³/mol. The zero-order valence-electron chi connectivity index (χ0n) is 17.4. The molecule has 154 valence electrons. The molecule has 0 spiro atoms. The van der Waals surface area contributed by atoms with Gasteiger partial charge < -0.3 is 5.11 Å². The highest BCUT2D eigenvalue weighted by molar-refractivity contribution is 9.10. The number of aliphatic hydroxyl groups is 1. The first-order valence-electron chi connectivity index (χ1n) is 10.8. The molecule has 0 amide bonds. The normalized spacial score (nSPS) is 16.7. The van der Waals surface area contributed by atoms with E-state index >= 15 is 0 Å². The van der Waals surface area contributed by atoms with Gasteiger partial charge in [-0.15, -0.1) is 0 Å². The molecule has 1 aliphatic carbocycles. The maximum atomic E-state index is 12.7. The number of rotatable bonds is 3. The van der Waals surface area contributed by atoms with Crippen molar-refractivity contribution >= 4 is 26.7 Å². The van der Waals surface area contributed by atoms with E-state index in [4.69, 9.17) is 0 Å². The molecule has 0 bridgehead atoms. The van der Waals surface area contributed by atoms with Gasteiger partial charge in [0.2, 0.25) is 0 Å². The molecule has 0 aliphatic heterocycles. The Labute approximate surface area is 196 Å². The number of halogens is 1. The lowest BCUT2D eigenvalue weighted by molar-refractivity contribution is 0.126. The number of hydrogen-bond donors (Lipinski definition) is 1. The Balaban J connectivity index is 1.68. The predicted octanol–water partition coefficient (Wildman–Crippen LogP) is 7.46. The molecular weight excluding hydrogens is 456 g/mol. The van der Waals surface area contributed by atoms with E-state index in [-0.39, 0.29) is 0 Å². The van der Waals surface area contributed by atoms with E-state index in [1.54, 1.807) is 0 Å². The second-order valence-electron chi connectivity index (χ2n) is 8.43. The summed E-state index contributed by atoms with van der Waals surface area (Å²) in [6, 6.07) is 37.6. The van der Waals surface area contributed by atoms with Gasteiger partial charge in [-0.05, 0) is 57.1 Å². The van der Waals surface area contributed by atoms with E-state index in [0.29, 0.717) is 0 Å². The zero-order chi connectivity index (χ0) is 21.7. The highest BCUT2D eigenvalue weighted by atomic mass is 79.9. The minimum absolute atomic E-state index is 0.767. The van der Waals surface area contributed by atoms with Crippen molar-refractivity contribution in [2.45, 2.75) is 12.0 Å². The third-order valence-corrected chi connectivity index (χ3v) is 7.09. The second kappa shape index (κ2) is 7.44. The molecule has 0 saturated carbocycles. The lowest BCUT2D eigenvalue weighted by Crippen LogP contribution is -2.33. The second-order valence-corrected chi connectivity index (χ2v) is 9.34. The van der Waals surface area contributed by atoms with Crippen LogP contribution in [0.1, 0.15) is 27.8 Å².